The Kier molecular flexibility index (Phi) is 7.10. The van der Waals surface area contributed by atoms with Gasteiger partial charge in [-0.2, -0.15) is 0 Å². The van der Waals surface area contributed by atoms with Gasteiger partial charge in [0.25, 0.3) is 0 Å². The first kappa shape index (κ1) is 20.1. The van der Waals surface area contributed by atoms with Crippen LogP contribution in [-0.2, 0) is 4.79 Å². The molecule has 0 amide bonds. The third-order valence-corrected chi connectivity index (χ3v) is 6.75. The van der Waals surface area contributed by atoms with Crippen molar-refractivity contribution >= 4 is 11.9 Å². The predicted molar refractivity (Wildman–Crippen MR) is 115 cm³/mol. The second-order valence-electron chi connectivity index (χ2n) is 8.74. The Hall–Kier alpha value is -1.63. The van der Waals surface area contributed by atoms with Crippen LogP contribution in [-0.4, -0.2) is 5.78 Å². The van der Waals surface area contributed by atoms with Crippen LogP contribution in [0.4, 0.5) is 0 Å². The average molecular weight is 365 g/mol. The van der Waals surface area contributed by atoms with Crippen LogP contribution in [0.25, 0.3) is 6.08 Å². The van der Waals surface area contributed by atoms with E-state index in [1.165, 1.54) is 50.5 Å². The van der Waals surface area contributed by atoms with Crippen molar-refractivity contribution in [1.29, 1.82) is 0 Å². The lowest BCUT2D eigenvalue weighted by Crippen LogP contribution is -2.31. The minimum absolute atomic E-state index is 0.185. The van der Waals surface area contributed by atoms with Crippen molar-refractivity contribution < 1.29 is 4.79 Å². The summed E-state index contributed by atoms with van der Waals surface area (Å²) in [4.78, 5) is 13.4. The molecule has 0 radical (unpaired) electrons. The van der Waals surface area contributed by atoms with Gasteiger partial charge in [0.15, 0.2) is 5.78 Å². The number of rotatable bonds is 8. The Bertz CT molecular complexity index is 669. The maximum absolute atomic E-state index is 13.4. The molecule has 0 spiro atoms. The van der Waals surface area contributed by atoms with Gasteiger partial charge < -0.3 is 0 Å². The van der Waals surface area contributed by atoms with Crippen LogP contribution < -0.4 is 0 Å². The van der Waals surface area contributed by atoms with E-state index in [1.54, 1.807) is 0 Å². The quantitative estimate of drug-likeness (QED) is 0.273. The number of fused-ring (bicyclic) bond motifs is 1. The molecule has 1 aromatic carbocycles. The van der Waals surface area contributed by atoms with Gasteiger partial charge in [0, 0.05) is 5.92 Å². The van der Waals surface area contributed by atoms with Crippen molar-refractivity contribution in [3.8, 4) is 0 Å². The van der Waals surface area contributed by atoms with Gasteiger partial charge in [0.05, 0.1) is 0 Å². The molecule has 27 heavy (non-hydrogen) atoms. The second kappa shape index (κ2) is 9.53. The molecule has 0 aliphatic heterocycles. The number of allylic oxidation sites excluding steroid dienone is 3. The van der Waals surface area contributed by atoms with Crippen LogP contribution in [0.1, 0.15) is 71.3 Å². The first-order chi connectivity index (χ1) is 13.1. The molecule has 3 rings (SSSR count). The highest BCUT2D eigenvalue weighted by Gasteiger charge is 2.50. The summed E-state index contributed by atoms with van der Waals surface area (Å²) in [6, 6.07) is 10.4. The van der Waals surface area contributed by atoms with Gasteiger partial charge in [0.2, 0.25) is 0 Å². The molecule has 0 aromatic heterocycles. The van der Waals surface area contributed by atoms with Crippen molar-refractivity contribution in [1.82, 2.24) is 0 Å². The van der Waals surface area contributed by atoms with E-state index in [2.05, 4.69) is 63.3 Å². The first-order valence-corrected chi connectivity index (χ1v) is 11.1. The van der Waals surface area contributed by atoms with E-state index in [9.17, 15) is 4.79 Å². The summed E-state index contributed by atoms with van der Waals surface area (Å²) in [5.41, 5.74) is 2.27. The normalized spacial score (nSPS) is 31.4. The highest BCUT2D eigenvalue weighted by atomic mass is 16.1. The molecule has 146 valence electrons. The summed E-state index contributed by atoms with van der Waals surface area (Å²) >= 11 is 0. The Morgan fingerprint density at radius 1 is 0.889 bits per heavy atom. The second-order valence-corrected chi connectivity index (χ2v) is 8.74. The Labute approximate surface area is 166 Å². The van der Waals surface area contributed by atoms with Gasteiger partial charge in [0.1, 0.15) is 0 Å². The molecule has 1 fully saturated rings. The molecule has 4 unspecified atom stereocenters. The molecular weight excluding hydrogens is 328 g/mol. The number of benzene rings is 1. The van der Waals surface area contributed by atoms with Crippen molar-refractivity contribution in [2.75, 3.05) is 0 Å². The SMILES string of the molecule is CCCCCCCC[C@@H]1/C(=C\c2ccccc2)C(=O)C2C(C)C=CC(C)C21. The van der Waals surface area contributed by atoms with E-state index < -0.39 is 0 Å². The largest absolute Gasteiger partial charge is 0.294 e. The van der Waals surface area contributed by atoms with Crippen molar-refractivity contribution in [3.05, 3.63) is 53.6 Å². The van der Waals surface area contributed by atoms with Gasteiger partial charge in [-0.1, -0.05) is 102 Å². The van der Waals surface area contributed by atoms with Gasteiger partial charge in [-0.25, -0.2) is 0 Å². The number of hydrogen-bond donors (Lipinski definition) is 0. The van der Waals surface area contributed by atoms with Gasteiger partial charge in [-0.3, -0.25) is 4.79 Å². The number of unbranched alkanes of at least 4 members (excludes halogenated alkanes) is 5. The lowest BCUT2D eigenvalue weighted by atomic mass is 9.69. The van der Waals surface area contributed by atoms with Crippen LogP contribution in [0.15, 0.2) is 48.1 Å². The first-order valence-electron chi connectivity index (χ1n) is 11.1. The third kappa shape index (κ3) is 4.62. The minimum Gasteiger partial charge on any atom is -0.294 e. The summed E-state index contributed by atoms with van der Waals surface area (Å²) < 4.78 is 0. The van der Waals surface area contributed by atoms with E-state index in [-0.39, 0.29) is 5.92 Å². The topological polar surface area (TPSA) is 17.1 Å². The van der Waals surface area contributed by atoms with Gasteiger partial charge >= 0.3 is 0 Å². The Balaban J connectivity index is 1.79. The van der Waals surface area contributed by atoms with Crippen molar-refractivity contribution in [2.45, 2.75) is 65.7 Å². The van der Waals surface area contributed by atoms with Crippen LogP contribution in [0.2, 0.25) is 0 Å². The number of Topliss-reactive ketones (excluding diaryl/α,β-unsaturated/α-hetero) is 1. The molecule has 1 saturated carbocycles. The van der Waals surface area contributed by atoms with E-state index in [4.69, 9.17) is 0 Å². The summed E-state index contributed by atoms with van der Waals surface area (Å²) in [7, 11) is 0. The standard InChI is InChI=1S/C26H36O/c1-4-5-6-7-8-12-15-22-23(18-21-13-10-9-11-14-21)26(27)25-20(3)17-16-19(2)24(22)25/h9-11,13-14,16-20,22,24-25H,4-8,12,15H2,1-3H3/b23-18+/t19?,20?,22-,24?,25?/m1/s1. The number of carbonyl (C=O) groups is 1. The molecule has 2 aliphatic carbocycles. The lowest BCUT2D eigenvalue weighted by molar-refractivity contribution is -0.119. The van der Waals surface area contributed by atoms with Gasteiger partial charge in [-0.15, -0.1) is 0 Å². The van der Waals surface area contributed by atoms with Gasteiger partial charge in [-0.05, 0) is 47.3 Å². The lowest BCUT2D eigenvalue weighted by Gasteiger charge is -2.34. The summed E-state index contributed by atoms with van der Waals surface area (Å²) in [6.45, 7) is 6.81. The highest BCUT2D eigenvalue weighted by Crippen LogP contribution is 2.51. The fraction of sp³-hybridized carbons (Fsp3) is 0.577. The molecule has 0 N–H and O–H groups in total. The third-order valence-electron chi connectivity index (χ3n) is 6.75. The molecule has 5 atom stereocenters. The van der Waals surface area contributed by atoms with Crippen LogP contribution in [0.5, 0.6) is 0 Å². The number of ketones is 1. The predicted octanol–water partition coefficient (Wildman–Crippen LogP) is 7.09. The summed E-state index contributed by atoms with van der Waals surface area (Å²) in [5.74, 6) is 2.39. The number of hydrogen-bond acceptors (Lipinski definition) is 1. The molecular formula is C26H36O. The summed E-state index contributed by atoms with van der Waals surface area (Å²) in [6.07, 6.45) is 15.9. The van der Waals surface area contributed by atoms with Crippen LogP contribution >= 0.6 is 0 Å². The monoisotopic (exact) mass is 364 g/mol. The maximum atomic E-state index is 13.4. The fourth-order valence-corrected chi connectivity index (χ4v) is 5.29. The average Bonchev–Trinajstić information content (AvgIpc) is 2.95. The van der Waals surface area contributed by atoms with Crippen molar-refractivity contribution in [3.63, 3.8) is 0 Å². The molecule has 1 nitrogen and oxygen atoms in total. The molecule has 0 heterocycles. The summed E-state index contributed by atoms with van der Waals surface area (Å²) in [5, 5.41) is 0. The Morgan fingerprint density at radius 3 is 2.30 bits per heavy atom. The van der Waals surface area contributed by atoms with E-state index >= 15 is 0 Å². The van der Waals surface area contributed by atoms with Crippen LogP contribution in [0, 0.1) is 29.6 Å². The van der Waals surface area contributed by atoms with Crippen LogP contribution in [0.3, 0.4) is 0 Å². The van der Waals surface area contributed by atoms with E-state index in [1.807, 2.05) is 6.07 Å². The maximum Gasteiger partial charge on any atom is 0.163 e. The zero-order valence-electron chi connectivity index (χ0n) is 17.4. The zero-order chi connectivity index (χ0) is 19.2. The smallest absolute Gasteiger partial charge is 0.163 e. The number of carbonyl (C=O) groups excluding carboxylic acids is 1. The van der Waals surface area contributed by atoms with E-state index in [0.29, 0.717) is 29.5 Å². The molecule has 2 aliphatic rings. The zero-order valence-corrected chi connectivity index (χ0v) is 17.4. The highest BCUT2D eigenvalue weighted by molar-refractivity contribution is 6.04. The fourth-order valence-electron chi connectivity index (χ4n) is 5.29. The molecule has 1 heteroatoms. The minimum atomic E-state index is 0.185. The molecule has 0 bridgehead atoms. The molecule has 0 saturated heterocycles. The molecule has 1 aromatic rings. The van der Waals surface area contributed by atoms with E-state index in [0.717, 1.165) is 5.57 Å². The Morgan fingerprint density at radius 2 is 1.56 bits per heavy atom. The van der Waals surface area contributed by atoms with Crippen molar-refractivity contribution in [2.24, 2.45) is 29.6 Å².